The minimum absolute atomic E-state index is 0.649. The number of aromatic nitrogens is 6. The number of imidazole rings is 2. The molecular weight excluding hydrogens is 308 g/mol. The van der Waals surface area contributed by atoms with Crippen molar-refractivity contribution in [1.82, 2.24) is 29.1 Å². The zero-order valence-corrected chi connectivity index (χ0v) is 13.8. The smallest absolute Gasteiger partial charge is 0.160 e. The van der Waals surface area contributed by atoms with E-state index in [1.807, 2.05) is 30.6 Å². The number of hydrogen-bond donors (Lipinski definition) is 0. The van der Waals surface area contributed by atoms with E-state index in [2.05, 4.69) is 31.0 Å². The Kier molecular flexibility index (Phi) is 3.42. The van der Waals surface area contributed by atoms with Crippen molar-refractivity contribution < 1.29 is 0 Å². The lowest BCUT2D eigenvalue weighted by atomic mass is 10.4. The highest BCUT2D eigenvalue weighted by molar-refractivity contribution is 7.09. The van der Waals surface area contributed by atoms with Crippen molar-refractivity contribution in [2.24, 2.45) is 0 Å². The van der Waals surface area contributed by atoms with Crippen molar-refractivity contribution in [3.05, 3.63) is 46.9 Å². The largest absolute Gasteiger partial charge is 0.322 e. The molecule has 0 saturated carbocycles. The van der Waals surface area contributed by atoms with Gasteiger partial charge in [-0.05, 0) is 26.0 Å². The van der Waals surface area contributed by atoms with Crippen LogP contribution in [0.2, 0.25) is 0 Å². The van der Waals surface area contributed by atoms with Gasteiger partial charge in [0.05, 0.1) is 11.6 Å². The van der Waals surface area contributed by atoms with Gasteiger partial charge in [0.2, 0.25) is 0 Å². The van der Waals surface area contributed by atoms with Crippen LogP contribution in [-0.2, 0) is 13.1 Å². The SMILES string of the molecule is CCn1c(Cn2ccnc2-c2csc(C)n2)nc2cccnc21. The first-order valence-corrected chi connectivity index (χ1v) is 8.38. The van der Waals surface area contributed by atoms with Crippen LogP contribution in [0.3, 0.4) is 0 Å². The van der Waals surface area contributed by atoms with Crippen LogP contribution in [0, 0.1) is 6.92 Å². The summed E-state index contributed by atoms with van der Waals surface area (Å²) in [5.74, 6) is 1.85. The van der Waals surface area contributed by atoms with E-state index in [9.17, 15) is 0 Å². The molecule has 23 heavy (non-hydrogen) atoms. The molecule has 116 valence electrons. The highest BCUT2D eigenvalue weighted by Gasteiger charge is 2.14. The molecule has 4 aromatic rings. The molecule has 0 atom stereocenters. The number of fused-ring (bicyclic) bond motifs is 1. The zero-order valence-electron chi connectivity index (χ0n) is 13.0. The third kappa shape index (κ3) is 2.43. The number of rotatable bonds is 4. The second kappa shape index (κ2) is 5.58. The van der Waals surface area contributed by atoms with Crippen molar-refractivity contribution in [3.8, 4) is 11.5 Å². The van der Waals surface area contributed by atoms with Crippen molar-refractivity contribution in [1.29, 1.82) is 0 Å². The van der Waals surface area contributed by atoms with E-state index in [4.69, 9.17) is 4.98 Å². The van der Waals surface area contributed by atoms with E-state index in [0.29, 0.717) is 6.54 Å². The molecule has 0 bridgehead atoms. The topological polar surface area (TPSA) is 61.4 Å². The van der Waals surface area contributed by atoms with Gasteiger partial charge in [-0.2, -0.15) is 0 Å². The maximum atomic E-state index is 4.73. The number of hydrogen-bond acceptors (Lipinski definition) is 5. The third-order valence-corrected chi connectivity index (χ3v) is 4.55. The average molecular weight is 324 g/mol. The lowest BCUT2D eigenvalue weighted by Crippen LogP contribution is -2.09. The van der Waals surface area contributed by atoms with Crippen LogP contribution in [0.25, 0.3) is 22.7 Å². The van der Waals surface area contributed by atoms with E-state index in [1.165, 1.54) is 0 Å². The molecule has 0 fully saturated rings. The summed E-state index contributed by atoms with van der Waals surface area (Å²) in [5.41, 5.74) is 2.77. The van der Waals surface area contributed by atoms with Crippen LogP contribution in [0.4, 0.5) is 0 Å². The fourth-order valence-corrected chi connectivity index (χ4v) is 3.34. The summed E-state index contributed by atoms with van der Waals surface area (Å²) < 4.78 is 4.23. The summed E-state index contributed by atoms with van der Waals surface area (Å²) >= 11 is 1.63. The molecule has 7 heteroatoms. The lowest BCUT2D eigenvalue weighted by Gasteiger charge is -2.08. The van der Waals surface area contributed by atoms with E-state index < -0.39 is 0 Å². The van der Waals surface area contributed by atoms with Crippen LogP contribution >= 0.6 is 11.3 Å². The molecule has 0 aliphatic rings. The summed E-state index contributed by atoms with van der Waals surface area (Å²) in [6, 6.07) is 3.91. The van der Waals surface area contributed by atoms with E-state index in [0.717, 1.165) is 40.1 Å². The summed E-state index contributed by atoms with van der Waals surface area (Å²) in [7, 11) is 0. The maximum Gasteiger partial charge on any atom is 0.160 e. The van der Waals surface area contributed by atoms with Gasteiger partial charge >= 0.3 is 0 Å². The molecular formula is C16H16N6S. The number of nitrogens with zero attached hydrogens (tertiary/aromatic N) is 6. The number of pyridine rings is 1. The number of aryl methyl sites for hydroxylation is 2. The molecule has 4 aromatic heterocycles. The van der Waals surface area contributed by atoms with Crippen molar-refractivity contribution >= 4 is 22.5 Å². The molecule has 4 heterocycles. The third-order valence-electron chi connectivity index (χ3n) is 3.77. The van der Waals surface area contributed by atoms with Crippen LogP contribution in [0.5, 0.6) is 0 Å². The van der Waals surface area contributed by atoms with Crippen LogP contribution in [0.1, 0.15) is 17.8 Å². The van der Waals surface area contributed by atoms with Gasteiger partial charge in [0, 0.05) is 30.5 Å². The van der Waals surface area contributed by atoms with Gasteiger partial charge in [-0.1, -0.05) is 0 Å². The van der Waals surface area contributed by atoms with Crippen LogP contribution in [-0.4, -0.2) is 29.1 Å². The molecule has 0 spiro atoms. The first-order valence-electron chi connectivity index (χ1n) is 7.50. The first-order chi connectivity index (χ1) is 11.3. The maximum absolute atomic E-state index is 4.73. The highest BCUT2D eigenvalue weighted by Crippen LogP contribution is 2.21. The summed E-state index contributed by atoms with van der Waals surface area (Å²) in [6.45, 7) is 5.60. The van der Waals surface area contributed by atoms with Gasteiger partial charge in [0.25, 0.3) is 0 Å². The Labute approximate surface area is 137 Å². The molecule has 0 aliphatic heterocycles. The normalized spacial score (nSPS) is 11.4. The predicted octanol–water partition coefficient (Wildman–Crippen LogP) is 3.13. The minimum atomic E-state index is 0.649. The fourth-order valence-electron chi connectivity index (χ4n) is 2.75. The van der Waals surface area contributed by atoms with Crippen LogP contribution in [0.15, 0.2) is 36.1 Å². The Balaban J connectivity index is 1.76. The molecule has 0 N–H and O–H groups in total. The minimum Gasteiger partial charge on any atom is -0.322 e. The Bertz CT molecular complexity index is 964. The van der Waals surface area contributed by atoms with E-state index in [1.54, 1.807) is 23.7 Å². The summed E-state index contributed by atoms with van der Waals surface area (Å²) in [5, 5.41) is 3.08. The van der Waals surface area contributed by atoms with Crippen molar-refractivity contribution in [3.63, 3.8) is 0 Å². The van der Waals surface area contributed by atoms with Gasteiger partial charge in [-0.3, -0.25) is 0 Å². The quantitative estimate of drug-likeness (QED) is 0.578. The number of thiazole rings is 1. The molecule has 6 nitrogen and oxygen atoms in total. The van der Waals surface area contributed by atoms with Gasteiger partial charge < -0.3 is 9.13 Å². The van der Waals surface area contributed by atoms with Gasteiger partial charge in [0.15, 0.2) is 11.5 Å². The standard InChI is InChI=1S/C16H16N6S/c1-3-22-14(20-12-5-4-6-17-16(12)22)9-21-8-7-18-15(21)13-10-23-11(2)19-13/h4-8,10H,3,9H2,1-2H3. The zero-order chi connectivity index (χ0) is 15.8. The average Bonchev–Trinajstić information content (AvgIpc) is 3.25. The summed E-state index contributed by atoms with van der Waals surface area (Å²) in [6.07, 6.45) is 5.58. The molecule has 4 rings (SSSR count). The molecule has 0 aliphatic carbocycles. The molecule has 0 saturated heterocycles. The fraction of sp³-hybridized carbons (Fsp3) is 0.250. The van der Waals surface area contributed by atoms with E-state index >= 15 is 0 Å². The Morgan fingerprint density at radius 2 is 2.09 bits per heavy atom. The van der Waals surface area contributed by atoms with Crippen LogP contribution < -0.4 is 0 Å². The summed E-state index contributed by atoms with van der Waals surface area (Å²) in [4.78, 5) is 18.2. The van der Waals surface area contributed by atoms with Crippen molar-refractivity contribution in [2.45, 2.75) is 26.9 Å². The monoisotopic (exact) mass is 324 g/mol. The Hall–Kier alpha value is -2.54. The van der Waals surface area contributed by atoms with Gasteiger partial charge in [-0.25, -0.2) is 19.9 Å². The molecule has 0 radical (unpaired) electrons. The van der Waals surface area contributed by atoms with Gasteiger partial charge in [-0.15, -0.1) is 11.3 Å². The lowest BCUT2D eigenvalue weighted by molar-refractivity contribution is 0.663. The van der Waals surface area contributed by atoms with Crippen molar-refractivity contribution in [2.75, 3.05) is 0 Å². The highest BCUT2D eigenvalue weighted by atomic mass is 32.1. The molecule has 0 amide bonds. The second-order valence-electron chi connectivity index (χ2n) is 5.25. The Morgan fingerprint density at radius 3 is 2.87 bits per heavy atom. The molecule has 0 unspecified atom stereocenters. The van der Waals surface area contributed by atoms with E-state index in [-0.39, 0.29) is 0 Å². The predicted molar refractivity (Wildman–Crippen MR) is 90.4 cm³/mol. The Morgan fingerprint density at radius 1 is 1.17 bits per heavy atom. The van der Waals surface area contributed by atoms with Gasteiger partial charge in [0.1, 0.15) is 17.0 Å². The second-order valence-corrected chi connectivity index (χ2v) is 6.31. The first kappa shape index (κ1) is 14.1. The molecule has 0 aromatic carbocycles.